The van der Waals surface area contributed by atoms with Crippen LogP contribution in [0.1, 0.15) is 6.42 Å². The molecule has 0 aromatic carbocycles. The van der Waals surface area contributed by atoms with Crippen molar-refractivity contribution in [1.29, 1.82) is 0 Å². The molecule has 17 heavy (non-hydrogen) atoms. The summed E-state index contributed by atoms with van der Waals surface area (Å²) >= 11 is 5.76. The molecule has 0 aliphatic heterocycles. The number of primary amides is 1. The van der Waals surface area contributed by atoms with Gasteiger partial charge in [-0.15, -0.1) is 0 Å². The number of rotatable bonds is 6. The van der Waals surface area contributed by atoms with Gasteiger partial charge in [0.2, 0.25) is 11.8 Å². The quantitative estimate of drug-likeness (QED) is 0.739. The van der Waals surface area contributed by atoms with Crippen molar-refractivity contribution in [2.45, 2.75) is 12.3 Å². The van der Waals surface area contributed by atoms with Crippen LogP contribution in [0.15, 0.2) is 23.3 Å². The lowest BCUT2D eigenvalue weighted by molar-refractivity contribution is -0.149. The lowest BCUT2D eigenvalue weighted by Gasteiger charge is -2.31. The number of nitrogens with two attached hydrogens (primary N) is 1. The Balaban J connectivity index is 2.72. The number of alkyl halides is 1. The minimum Gasteiger partial charge on any atom is -0.382 e. The second kappa shape index (κ2) is 6.14. The predicted octanol–water partition coefficient (Wildman–Crippen LogP) is 1.50. The number of halogens is 2. The third kappa shape index (κ3) is 4.11. The SMILES string of the molecule is COCCOC1(F)C=CC(Cl)=CC1CC(N)=O. The number of amides is 1. The minimum atomic E-state index is -2.06. The fraction of sp³-hybridized carbons (Fsp3) is 0.545. The molecule has 4 nitrogen and oxygen atoms in total. The van der Waals surface area contributed by atoms with Gasteiger partial charge in [-0.2, -0.15) is 0 Å². The molecular formula is C11H15ClFNO3. The van der Waals surface area contributed by atoms with Gasteiger partial charge in [0.25, 0.3) is 0 Å². The molecule has 96 valence electrons. The molecule has 0 heterocycles. The van der Waals surface area contributed by atoms with Crippen LogP contribution in [-0.4, -0.2) is 32.1 Å². The highest BCUT2D eigenvalue weighted by Gasteiger charge is 2.39. The van der Waals surface area contributed by atoms with Crippen molar-refractivity contribution < 1.29 is 18.7 Å². The van der Waals surface area contributed by atoms with Crippen LogP contribution in [0.5, 0.6) is 0 Å². The van der Waals surface area contributed by atoms with Crippen LogP contribution in [0, 0.1) is 5.92 Å². The summed E-state index contributed by atoms with van der Waals surface area (Å²) in [6, 6.07) is 0. The normalized spacial score (nSPS) is 27.9. The molecular weight excluding hydrogens is 249 g/mol. The molecule has 1 aliphatic carbocycles. The number of hydrogen-bond acceptors (Lipinski definition) is 3. The van der Waals surface area contributed by atoms with Gasteiger partial charge in [0.15, 0.2) is 0 Å². The molecule has 2 atom stereocenters. The standard InChI is InChI=1S/C11H15ClFNO3/c1-16-4-5-17-11(13)3-2-9(12)6-8(11)7-10(14)15/h2-3,6,8H,4-5,7H2,1H3,(H2,14,15). The van der Waals surface area contributed by atoms with Gasteiger partial charge in [-0.1, -0.05) is 17.7 Å². The number of allylic oxidation sites excluding steroid dienone is 2. The maximum absolute atomic E-state index is 14.4. The van der Waals surface area contributed by atoms with E-state index in [1.165, 1.54) is 25.3 Å². The third-order valence-electron chi connectivity index (χ3n) is 2.37. The second-order valence-corrected chi connectivity index (χ2v) is 4.14. The van der Waals surface area contributed by atoms with Crippen LogP contribution in [0.25, 0.3) is 0 Å². The van der Waals surface area contributed by atoms with E-state index in [0.29, 0.717) is 5.03 Å². The average Bonchev–Trinajstić information content (AvgIpc) is 2.24. The van der Waals surface area contributed by atoms with E-state index in [4.69, 9.17) is 26.8 Å². The van der Waals surface area contributed by atoms with Gasteiger partial charge in [0.05, 0.1) is 19.1 Å². The Bertz CT molecular complexity index is 346. The van der Waals surface area contributed by atoms with Crippen molar-refractivity contribution in [2.24, 2.45) is 11.7 Å². The molecule has 1 amide bonds. The largest absolute Gasteiger partial charge is 0.382 e. The molecule has 0 radical (unpaired) electrons. The van der Waals surface area contributed by atoms with Crippen molar-refractivity contribution >= 4 is 17.5 Å². The first-order chi connectivity index (χ1) is 7.98. The van der Waals surface area contributed by atoms with Gasteiger partial charge in [0.1, 0.15) is 0 Å². The lowest BCUT2D eigenvalue weighted by Crippen LogP contribution is -2.38. The van der Waals surface area contributed by atoms with Gasteiger partial charge >= 0.3 is 0 Å². The van der Waals surface area contributed by atoms with Gasteiger partial charge in [-0.25, -0.2) is 4.39 Å². The average molecular weight is 264 g/mol. The van der Waals surface area contributed by atoms with E-state index in [-0.39, 0.29) is 19.6 Å². The molecule has 0 saturated carbocycles. The number of carbonyl (C=O) groups is 1. The summed E-state index contributed by atoms with van der Waals surface area (Å²) in [4.78, 5) is 10.9. The van der Waals surface area contributed by atoms with Crippen LogP contribution in [0.3, 0.4) is 0 Å². The molecule has 1 rings (SSSR count). The molecule has 2 N–H and O–H groups in total. The zero-order chi connectivity index (χ0) is 12.9. The molecule has 0 saturated heterocycles. The highest BCUT2D eigenvalue weighted by molar-refractivity contribution is 6.31. The maximum atomic E-state index is 14.4. The molecule has 1 aliphatic rings. The zero-order valence-corrected chi connectivity index (χ0v) is 10.2. The highest BCUT2D eigenvalue weighted by atomic mass is 35.5. The van der Waals surface area contributed by atoms with Crippen LogP contribution in [0.2, 0.25) is 0 Å². The topological polar surface area (TPSA) is 61.6 Å². The Labute approximate surface area is 104 Å². The fourth-order valence-corrected chi connectivity index (χ4v) is 1.74. The van der Waals surface area contributed by atoms with E-state index in [1.807, 2.05) is 0 Å². The number of methoxy groups -OCH3 is 1. The van der Waals surface area contributed by atoms with Crippen molar-refractivity contribution in [2.75, 3.05) is 20.3 Å². The summed E-state index contributed by atoms with van der Waals surface area (Å²) in [6.45, 7) is 0.346. The number of carbonyl (C=O) groups excluding carboxylic acids is 1. The van der Waals surface area contributed by atoms with E-state index < -0.39 is 17.7 Å². The molecule has 0 aromatic heterocycles. The first-order valence-corrected chi connectivity index (χ1v) is 5.52. The van der Waals surface area contributed by atoms with Crippen molar-refractivity contribution in [3.8, 4) is 0 Å². The summed E-state index contributed by atoms with van der Waals surface area (Å²) in [7, 11) is 1.49. The van der Waals surface area contributed by atoms with E-state index in [0.717, 1.165) is 0 Å². The van der Waals surface area contributed by atoms with E-state index in [2.05, 4.69) is 0 Å². The first-order valence-electron chi connectivity index (χ1n) is 5.14. The lowest BCUT2D eigenvalue weighted by atomic mass is 9.91. The summed E-state index contributed by atoms with van der Waals surface area (Å²) < 4.78 is 24.3. The monoisotopic (exact) mass is 263 g/mol. The summed E-state index contributed by atoms with van der Waals surface area (Å²) in [5, 5.41) is 0.361. The Hall–Kier alpha value is -0.910. The molecule has 0 spiro atoms. The second-order valence-electron chi connectivity index (χ2n) is 3.70. The van der Waals surface area contributed by atoms with Crippen molar-refractivity contribution in [1.82, 2.24) is 0 Å². The van der Waals surface area contributed by atoms with Gasteiger partial charge in [-0.05, 0) is 12.2 Å². The third-order valence-corrected chi connectivity index (χ3v) is 2.62. The van der Waals surface area contributed by atoms with Crippen LogP contribution < -0.4 is 5.73 Å². The Kier molecular flexibility index (Phi) is 5.11. The smallest absolute Gasteiger partial charge is 0.235 e. The van der Waals surface area contributed by atoms with E-state index in [9.17, 15) is 9.18 Å². The van der Waals surface area contributed by atoms with Gasteiger partial charge in [-0.3, -0.25) is 4.79 Å². The van der Waals surface area contributed by atoms with Crippen LogP contribution in [-0.2, 0) is 14.3 Å². The number of ether oxygens (including phenoxy) is 2. The highest BCUT2D eigenvalue weighted by Crippen LogP contribution is 2.35. The molecule has 6 heteroatoms. The zero-order valence-electron chi connectivity index (χ0n) is 9.49. The van der Waals surface area contributed by atoms with Gasteiger partial charge < -0.3 is 15.2 Å². The fourth-order valence-electron chi connectivity index (χ4n) is 1.53. The Morgan fingerprint density at radius 1 is 1.65 bits per heavy atom. The maximum Gasteiger partial charge on any atom is 0.235 e. The number of hydrogen-bond donors (Lipinski definition) is 1. The van der Waals surface area contributed by atoms with E-state index in [1.54, 1.807) is 0 Å². The van der Waals surface area contributed by atoms with E-state index >= 15 is 0 Å². The summed E-state index contributed by atoms with van der Waals surface area (Å²) in [6.07, 6.45) is 3.85. The first kappa shape index (κ1) is 14.2. The molecule has 0 aromatic rings. The van der Waals surface area contributed by atoms with Gasteiger partial charge in [0, 0.05) is 18.6 Å². The Morgan fingerprint density at radius 2 is 2.35 bits per heavy atom. The van der Waals surface area contributed by atoms with Crippen LogP contribution in [0.4, 0.5) is 4.39 Å². The predicted molar refractivity (Wildman–Crippen MR) is 62.0 cm³/mol. The molecule has 0 fully saturated rings. The summed E-state index contributed by atoms with van der Waals surface area (Å²) in [5.41, 5.74) is 5.06. The molecule has 2 unspecified atom stereocenters. The van der Waals surface area contributed by atoms with Crippen LogP contribution >= 0.6 is 11.6 Å². The summed E-state index contributed by atoms with van der Waals surface area (Å²) in [5.74, 6) is -3.48. The van der Waals surface area contributed by atoms with Crippen molar-refractivity contribution in [3.05, 3.63) is 23.3 Å². The minimum absolute atomic E-state index is 0.0814. The Morgan fingerprint density at radius 3 is 2.94 bits per heavy atom. The van der Waals surface area contributed by atoms with Crippen molar-refractivity contribution in [3.63, 3.8) is 0 Å². The molecule has 0 bridgehead atoms.